The van der Waals surface area contributed by atoms with E-state index in [4.69, 9.17) is 14.2 Å². The minimum absolute atomic E-state index is 0.0121. The summed E-state index contributed by atoms with van der Waals surface area (Å²) in [5.41, 5.74) is 1.46. The third-order valence-electron chi connectivity index (χ3n) is 6.47. The third kappa shape index (κ3) is 8.20. The SMILES string of the molecule is CC[C@H](C)NC(=O)[C@H](Cc1ccccc1)N(Cc1cccc(OC)c1)C(=O)COc1ccc([N+](=O)[O-])c(OC)c1. The maximum atomic E-state index is 13.7. The van der Waals surface area contributed by atoms with Crippen molar-refractivity contribution in [3.05, 3.63) is 94.0 Å². The van der Waals surface area contributed by atoms with Crippen LogP contribution in [0.15, 0.2) is 72.8 Å². The van der Waals surface area contributed by atoms with E-state index in [1.807, 2.05) is 62.4 Å². The molecule has 0 spiro atoms. The number of nitro benzene ring substituents is 1. The molecule has 0 saturated heterocycles. The highest BCUT2D eigenvalue weighted by atomic mass is 16.6. The summed E-state index contributed by atoms with van der Waals surface area (Å²) in [4.78, 5) is 39.5. The van der Waals surface area contributed by atoms with Crippen LogP contribution in [0.5, 0.6) is 17.2 Å². The second kappa shape index (κ2) is 14.5. The molecule has 2 amide bonds. The second-order valence-corrected chi connectivity index (χ2v) is 9.28. The van der Waals surface area contributed by atoms with Crippen molar-refractivity contribution < 1.29 is 28.7 Å². The Kier molecular flexibility index (Phi) is 10.9. The molecule has 0 saturated carbocycles. The number of nitrogens with zero attached hydrogens (tertiary/aromatic N) is 2. The van der Waals surface area contributed by atoms with Gasteiger partial charge in [0, 0.05) is 31.1 Å². The predicted octanol–water partition coefficient (Wildman–Crippen LogP) is 4.55. The maximum Gasteiger partial charge on any atom is 0.311 e. The summed E-state index contributed by atoms with van der Waals surface area (Å²) in [6, 6.07) is 19.9. The molecule has 0 fully saturated rings. The molecule has 0 aliphatic carbocycles. The zero-order valence-corrected chi connectivity index (χ0v) is 23.2. The van der Waals surface area contributed by atoms with Crippen LogP contribution in [0.1, 0.15) is 31.4 Å². The van der Waals surface area contributed by atoms with E-state index >= 15 is 0 Å². The van der Waals surface area contributed by atoms with Crippen LogP contribution < -0.4 is 19.5 Å². The van der Waals surface area contributed by atoms with Crippen LogP contribution in [-0.4, -0.2) is 54.5 Å². The summed E-state index contributed by atoms with van der Waals surface area (Å²) >= 11 is 0. The number of carbonyl (C=O) groups is 2. The summed E-state index contributed by atoms with van der Waals surface area (Å²) in [7, 11) is 2.88. The summed E-state index contributed by atoms with van der Waals surface area (Å²) in [5.74, 6) is 0.161. The van der Waals surface area contributed by atoms with E-state index in [0.29, 0.717) is 12.2 Å². The summed E-state index contributed by atoms with van der Waals surface area (Å²) < 4.78 is 16.2. The van der Waals surface area contributed by atoms with Crippen molar-refractivity contribution >= 4 is 17.5 Å². The van der Waals surface area contributed by atoms with Gasteiger partial charge in [-0.05, 0) is 42.7 Å². The van der Waals surface area contributed by atoms with Gasteiger partial charge in [0.15, 0.2) is 6.61 Å². The highest BCUT2D eigenvalue weighted by Gasteiger charge is 2.31. The lowest BCUT2D eigenvalue weighted by Gasteiger charge is -2.32. The Bertz CT molecular complexity index is 1300. The summed E-state index contributed by atoms with van der Waals surface area (Å²) in [5, 5.41) is 14.3. The van der Waals surface area contributed by atoms with E-state index in [9.17, 15) is 19.7 Å². The number of hydrogen-bond donors (Lipinski definition) is 1. The van der Waals surface area contributed by atoms with Crippen LogP contribution in [0.3, 0.4) is 0 Å². The first-order valence-electron chi connectivity index (χ1n) is 13.0. The Hall–Kier alpha value is -4.60. The molecule has 3 aromatic carbocycles. The normalized spacial score (nSPS) is 12.1. The van der Waals surface area contributed by atoms with Crippen molar-refractivity contribution in [2.45, 2.75) is 45.3 Å². The molecule has 3 rings (SSSR count). The highest BCUT2D eigenvalue weighted by molar-refractivity contribution is 5.88. The first-order valence-corrected chi connectivity index (χ1v) is 13.0. The molecule has 1 N–H and O–H groups in total. The van der Waals surface area contributed by atoms with Crippen molar-refractivity contribution in [2.75, 3.05) is 20.8 Å². The molecule has 10 heteroatoms. The van der Waals surface area contributed by atoms with Crippen LogP contribution in [0.2, 0.25) is 0 Å². The molecule has 2 atom stereocenters. The summed E-state index contributed by atoms with van der Waals surface area (Å²) in [6.45, 7) is 3.63. The molecular weight excluding hydrogens is 514 g/mol. The van der Waals surface area contributed by atoms with E-state index in [1.165, 1.54) is 30.2 Å². The van der Waals surface area contributed by atoms with Gasteiger partial charge in [-0.15, -0.1) is 0 Å². The molecule has 0 aliphatic heterocycles. The number of amides is 2. The molecule has 40 heavy (non-hydrogen) atoms. The lowest BCUT2D eigenvalue weighted by Crippen LogP contribution is -2.53. The van der Waals surface area contributed by atoms with Gasteiger partial charge in [-0.3, -0.25) is 19.7 Å². The van der Waals surface area contributed by atoms with Gasteiger partial charge in [-0.25, -0.2) is 0 Å². The fourth-order valence-corrected chi connectivity index (χ4v) is 4.09. The lowest BCUT2D eigenvalue weighted by molar-refractivity contribution is -0.385. The molecule has 0 unspecified atom stereocenters. The minimum atomic E-state index is -0.829. The van der Waals surface area contributed by atoms with Gasteiger partial charge in [-0.1, -0.05) is 49.4 Å². The maximum absolute atomic E-state index is 13.7. The number of nitro groups is 1. The van der Waals surface area contributed by atoms with Crippen LogP contribution in [0.25, 0.3) is 0 Å². The molecule has 10 nitrogen and oxygen atoms in total. The van der Waals surface area contributed by atoms with Gasteiger partial charge in [0.25, 0.3) is 5.91 Å². The van der Waals surface area contributed by atoms with Crippen molar-refractivity contribution in [2.24, 2.45) is 0 Å². The fraction of sp³-hybridized carbons (Fsp3) is 0.333. The number of carbonyl (C=O) groups excluding carboxylic acids is 2. The zero-order valence-electron chi connectivity index (χ0n) is 23.2. The molecule has 0 heterocycles. The molecule has 0 radical (unpaired) electrons. The smallest absolute Gasteiger partial charge is 0.311 e. The monoisotopic (exact) mass is 549 g/mol. The predicted molar refractivity (Wildman–Crippen MR) is 151 cm³/mol. The quantitative estimate of drug-likeness (QED) is 0.231. The van der Waals surface area contributed by atoms with Crippen molar-refractivity contribution in [1.29, 1.82) is 0 Å². The van der Waals surface area contributed by atoms with Crippen LogP contribution in [-0.2, 0) is 22.6 Å². The zero-order chi connectivity index (χ0) is 29.1. The number of methoxy groups -OCH3 is 2. The number of ether oxygens (including phenoxy) is 3. The lowest BCUT2D eigenvalue weighted by atomic mass is 10.0. The standard InChI is InChI=1S/C30H35N3O7/c1-5-21(2)31-30(35)27(17-22-10-7-6-8-11-22)32(19-23-12-9-13-24(16-23)38-3)29(34)20-40-25-14-15-26(33(36)37)28(18-25)39-4/h6-16,18,21,27H,5,17,19-20H2,1-4H3,(H,31,35)/t21-,27-/m0/s1. The average Bonchev–Trinajstić information content (AvgIpc) is 2.97. The molecule has 3 aromatic rings. The Morgan fingerprint density at radius 3 is 2.33 bits per heavy atom. The Morgan fingerprint density at radius 2 is 1.68 bits per heavy atom. The first-order chi connectivity index (χ1) is 19.2. The molecule has 212 valence electrons. The van der Waals surface area contributed by atoms with Gasteiger partial charge < -0.3 is 24.4 Å². The van der Waals surface area contributed by atoms with Crippen LogP contribution in [0.4, 0.5) is 5.69 Å². The minimum Gasteiger partial charge on any atom is -0.497 e. The average molecular weight is 550 g/mol. The topological polar surface area (TPSA) is 120 Å². The van der Waals surface area contributed by atoms with Crippen LogP contribution >= 0.6 is 0 Å². The first kappa shape index (κ1) is 29.9. The molecule has 0 aliphatic rings. The number of nitrogens with one attached hydrogen (secondary N) is 1. The largest absolute Gasteiger partial charge is 0.497 e. The van der Waals surface area contributed by atoms with Gasteiger partial charge in [-0.2, -0.15) is 0 Å². The van der Waals surface area contributed by atoms with E-state index in [-0.39, 0.29) is 35.7 Å². The van der Waals surface area contributed by atoms with E-state index in [2.05, 4.69) is 5.32 Å². The van der Waals surface area contributed by atoms with Crippen molar-refractivity contribution in [1.82, 2.24) is 10.2 Å². The third-order valence-corrected chi connectivity index (χ3v) is 6.47. The second-order valence-electron chi connectivity index (χ2n) is 9.28. The summed E-state index contributed by atoms with van der Waals surface area (Å²) in [6.07, 6.45) is 1.03. The number of benzene rings is 3. The molecular formula is C30H35N3O7. The number of hydrogen-bond acceptors (Lipinski definition) is 7. The Morgan fingerprint density at radius 1 is 0.950 bits per heavy atom. The molecule has 0 aromatic heterocycles. The Labute approximate surface area is 234 Å². The van der Waals surface area contributed by atoms with E-state index < -0.39 is 23.5 Å². The Balaban J connectivity index is 1.94. The van der Waals surface area contributed by atoms with E-state index in [0.717, 1.165) is 17.5 Å². The fourth-order valence-electron chi connectivity index (χ4n) is 4.09. The van der Waals surface area contributed by atoms with Gasteiger partial charge in [0.2, 0.25) is 11.7 Å². The van der Waals surface area contributed by atoms with Crippen molar-refractivity contribution in [3.63, 3.8) is 0 Å². The number of rotatable bonds is 14. The molecule has 0 bridgehead atoms. The van der Waals surface area contributed by atoms with Crippen LogP contribution in [0, 0.1) is 10.1 Å². The van der Waals surface area contributed by atoms with Gasteiger partial charge in [0.1, 0.15) is 17.5 Å². The highest BCUT2D eigenvalue weighted by Crippen LogP contribution is 2.31. The van der Waals surface area contributed by atoms with Gasteiger partial charge in [0.05, 0.1) is 19.1 Å². The van der Waals surface area contributed by atoms with E-state index in [1.54, 1.807) is 13.2 Å². The van der Waals surface area contributed by atoms with Gasteiger partial charge >= 0.3 is 5.69 Å². The van der Waals surface area contributed by atoms with Crippen molar-refractivity contribution in [3.8, 4) is 17.2 Å².